The summed E-state index contributed by atoms with van der Waals surface area (Å²) in [7, 11) is 0. The number of aliphatic hydroxyl groups is 1. The van der Waals surface area contributed by atoms with Crippen molar-refractivity contribution in [2.45, 2.75) is 36.5 Å². The van der Waals surface area contributed by atoms with E-state index in [-0.39, 0.29) is 12.1 Å². The highest BCUT2D eigenvalue weighted by Crippen LogP contribution is 2.55. The van der Waals surface area contributed by atoms with Gasteiger partial charge in [-0.25, -0.2) is 0 Å². The molecule has 36 heavy (non-hydrogen) atoms. The minimum absolute atomic E-state index is 0.0994. The van der Waals surface area contributed by atoms with Crippen LogP contribution in [0.25, 0.3) is 0 Å². The number of halogens is 4. The summed E-state index contributed by atoms with van der Waals surface area (Å²) < 4.78 is 40.2. The van der Waals surface area contributed by atoms with Crippen LogP contribution in [0.5, 0.6) is 0 Å². The Labute approximate surface area is 211 Å². The second-order valence-corrected chi connectivity index (χ2v) is 9.14. The first-order chi connectivity index (χ1) is 17.1. The molecule has 0 spiro atoms. The van der Waals surface area contributed by atoms with Gasteiger partial charge in [-0.15, -0.1) is 0 Å². The molecule has 3 aromatic carbocycles. The summed E-state index contributed by atoms with van der Waals surface area (Å²) in [6.07, 6.45) is -3.57. The van der Waals surface area contributed by atoms with Gasteiger partial charge in [0.15, 0.2) is 0 Å². The molecule has 4 nitrogen and oxygen atoms in total. The van der Waals surface area contributed by atoms with E-state index in [1.165, 1.54) is 12.1 Å². The lowest BCUT2D eigenvalue weighted by molar-refractivity contribution is -0.137. The van der Waals surface area contributed by atoms with Crippen molar-refractivity contribution in [3.63, 3.8) is 0 Å². The van der Waals surface area contributed by atoms with E-state index in [9.17, 15) is 23.1 Å². The number of alkyl halides is 3. The minimum atomic E-state index is -4.79. The standard InChI is InChI=1S/C28H20ClF3N2O2/c29-24-9-5-4-8-22(24)26(14-15-26)18-27(36,13-12-19-6-2-1-3-7-19)25(35)34-21-11-10-20(17-33)23(16-21)28(30,31)32/h1-11,16,36H,14-15,18H2,(H,34,35). The number of nitriles is 1. The predicted molar refractivity (Wildman–Crippen MR) is 130 cm³/mol. The number of carbonyl (C=O) groups excluding carboxylic acids is 1. The van der Waals surface area contributed by atoms with Crippen molar-refractivity contribution in [3.8, 4) is 17.9 Å². The van der Waals surface area contributed by atoms with Crippen molar-refractivity contribution in [3.05, 3.63) is 100 Å². The summed E-state index contributed by atoms with van der Waals surface area (Å²) in [5.74, 6) is 4.50. The Morgan fingerprint density at radius 2 is 1.72 bits per heavy atom. The molecule has 182 valence electrons. The van der Waals surface area contributed by atoms with Crippen LogP contribution in [0.2, 0.25) is 5.02 Å². The quantitative estimate of drug-likeness (QED) is 0.411. The molecule has 1 aliphatic carbocycles. The fourth-order valence-electron chi connectivity index (χ4n) is 4.14. The molecule has 1 fully saturated rings. The zero-order chi connectivity index (χ0) is 26.0. The Kier molecular flexibility index (Phi) is 6.82. The van der Waals surface area contributed by atoms with Gasteiger partial charge in [0.2, 0.25) is 5.60 Å². The molecule has 1 unspecified atom stereocenters. The first-order valence-corrected chi connectivity index (χ1v) is 11.4. The Morgan fingerprint density at radius 1 is 1.06 bits per heavy atom. The highest BCUT2D eigenvalue weighted by molar-refractivity contribution is 6.31. The number of nitrogens with zero attached hydrogens (tertiary/aromatic N) is 1. The molecule has 4 rings (SSSR count). The largest absolute Gasteiger partial charge is 0.417 e. The van der Waals surface area contributed by atoms with Crippen LogP contribution in [0.1, 0.15) is 41.5 Å². The van der Waals surface area contributed by atoms with E-state index in [0.717, 1.165) is 11.6 Å². The zero-order valence-corrected chi connectivity index (χ0v) is 19.6. The van der Waals surface area contributed by atoms with Crippen molar-refractivity contribution in [1.29, 1.82) is 5.26 Å². The van der Waals surface area contributed by atoms with E-state index in [4.69, 9.17) is 16.9 Å². The maximum absolute atomic E-state index is 13.4. The van der Waals surface area contributed by atoms with Crippen LogP contribution in [-0.2, 0) is 16.4 Å². The second-order valence-electron chi connectivity index (χ2n) is 8.74. The summed E-state index contributed by atoms with van der Waals surface area (Å²) in [5, 5.41) is 23.4. The van der Waals surface area contributed by atoms with Gasteiger partial charge in [-0.2, -0.15) is 18.4 Å². The van der Waals surface area contributed by atoms with Gasteiger partial charge in [0, 0.05) is 28.1 Å². The molecule has 0 bridgehead atoms. The SMILES string of the molecule is N#Cc1ccc(NC(=O)C(O)(C#Cc2ccccc2)CC2(c3ccccc3Cl)CC2)cc1C(F)(F)F. The number of carbonyl (C=O) groups is 1. The van der Waals surface area contributed by atoms with Crippen molar-refractivity contribution in [2.75, 3.05) is 5.32 Å². The van der Waals surface area contributed by atoms with Gasteiger partial charge in [-0.3, -0.25) is 4.79 Å². The Hall–Kier alpha value is -3.78. The summed E-state index contributed by atoms with van der Waals surface area (Å²) >= 11 is 6.40. The minimum Gasteiger partial charge on any atom is -0.369 e. The van der Waals surface area contributed by atoms with Crippen LogP contribution in [-0.4, -0.2) is 16.6 Å². The van der Waals surface area contributed by atoms with E-state index in [1.807, 2.05) is 12.1 Å². The van der Waals surface area contributed by atoms with Crippen molar-refractivity contribution in [1.82, 2.24) is 0 Å². The third-order valence-electron chi connectivity index (χ3n) is 6.16. The number of anilines is 1. The molecule has 0 radical (unpaired) electrons. The number of amides is 1. The first-order valence-electron chi connectivity index (χ1n) is 11.0. The zero-order valence-electron chi connectivity index (χ0n) is 18.9. The van der Waals surface area contributed by atoms with Crippen LogP contribution >= 0.6 is 11.6 Å². The van der Waals surface area contributed by atoms with Gasteiger partial charge in [0.25, 0.3) is 5.91 Å². The average molecular weight is 509 g/mol. The van der Waals surface area contributed by atoms with Crippen molar-refractivity contribution in [2.24, 2.45) is 0 Å². The molecule has 2 N–H and O–H groups in total. The lowest BCUT2D eigenvalue weighted by Gasteiger charge is -2.28. The normalized spacial score (nSPS) is 15.6. The highest BCUT2D eigenvalue weighted by Gasteiger charge is 2.53. The van der Waals surface area contributed by atoms with E-state index >= 15 is 0 Å². The van der Waals surface area contributed by atoms with E-state index in [1.54, 1.807) is 42.5 Å². The third-order valence-corrected chi connectivity index (χ3v) is 6.49. The van der Waals surface area contributed by atoms with Crippen molar-refractivity contribution >= 4 is 23.2 Å². The molecular weight excluding hydrogens is 489 g/mol. The third kappa shape index (κ3) is 5.39. The molecule has 1 aliphatic rings. The molecule has 8 heteroatoms. The molecule has 0 aliphatic heterocycles. The van der Waals surface area contributed by atoms with Gasteiger partial charge >= 0.3 is 6.18 Å². The van der Waals surface area contributed by atoms with Gasteiger partial charge in [0.05, 0.1) is 17.2 Å². The average Bonchev–Trinajstić information content (AvgIpc) is 3.63. The molecule has 0 aromatic heterocycles. The fraction of sp³-hybridized carbons (Fsp3) is 0.214. The summed E-state index contributed by atoms with van der Waals surface area (Å²) in [5.41, 5.74) is -3.48. The Bertz CT molecular complexity index is 1400. The molecule has 1 atom stereocenters. The second kappa shape index (κ2) is 9.70. The molecule has 0 heterocycles. The van der Waals surface area contributed by atoms with Gasteiger partial charge in [-0.1, -0.05) is 59.8 Å². The van der Waals surface area contributed by atoms with Crippen molar-refractivity contribution < 1.29 is 23.1 Å². The number of benzene rings is 3. The smallest absolute Gasteiger partial charge is 0.369 e. The van der Waals surface area contributed by atoms with Crippen LogP contribution in [0.3, 0.4) is 0 Å². The predicted octanol–water partition coefficient (Wildman–Crippen LogP) is 6.07. The molecule has 3 aromatic rings. The number of hydrogen-bond donors (Lipinski definition) is 2. The summed E-state index contributed by atoms with van der Waals surface area (Å²) in [4.78, 5) is 13.3. The number of hydrogen-bond acceptors (Lipinski definition) is 3. The fourth-order valence-corrected chi connectivity index (χ4v) is 4.48. The topological polar surface area (TPSA) is 73.1 Å². The number of nitrogens with one attached hydrogen (secondary N) is 1. The lowest BCUT2D eigenvalue weighted by Crippen LogP contribution is -2.44. The van der Waals surface area contributed by atoms with Crippen LogP contribution in [0.15, 0.2) is 72.8 Å². The van der Waals surface area contributed by atoms with E-state index in [0.29, 0.717) is 29.5 Å². The monoisotopic (exact) mass is 508 g/mol. The highest BCUT2D eigenvalue weighted by atomic mass is 35.5. The maximum Gasteiger partial charge on any atom is 0.417 e. The Morgan fingerprint density at radius 3 is 2.33 bits per heavy atom. The van der Waals surface area contributed by atoms with Gasteiger partial charge in [0.1, 0.15) is 0 Å². The van der Waals surface area contributed by atoms with E-state index in [2.05, 4.69) is 17.2 Å². The maximum atomic E-state index is 13.4. The molecular formula is C28H20ClF3N2O2. The lowest BCUT2D eigenvalue weighted by atomic mass is 9.82. The summed E-state index contributed by atoms with van der Waals surface area (Å²) in [6.45, 7) is 0. The molecule has 1 saturated carbocycles. The van der Waals surface area contributed by atoms with Crippen LogP contribution in [0, 0.1) is 23.2 Å². The van der Waals surface area contributed by atoms with Crippen LogP contribution in [0.4, 0.5) is 18.9 Å². The Balaban J connectivity index is 1.70. The van der Waals surface area contributed by atoms with E-state index < -0.39 is 34.2 Å². The van der Waals surface area contributed by atoms with Crippen LogP contribution < -0.4 is 5.32 Å². The molecule has 0 saturated heterocycles. The number of rotatable bonds is 5. The first kappa shape index (κ1) is 25.3. The van der Waals surface area contributed by atoms with Gasteiger partial charge < -0.3 is 10.4 Å². The van der Waals surface area contributed by atoms with Gasteiger partial charge in [-0.05, 0) is 54.8 Å². The summed E-state index contributed by atoms with van der Waals surface area (Å²) in [6, 6.07) is 20.2. The molecule has 1 amide bonds.